The van der Waals surface area contributed by atoms with Crippen LogP contribution in [0.2, 0.25) is 10.0 Å². The largest absolute Gasteiger partial charge is 0.479 e. The van der Waals surface area contributed by atoms with E-state index < -0.39 is 12.1 Å². The molecule has 1 saturated carbocycles. The fourth-order valence-corrected chi connectivity index (χ4v) is 3.40. The van der Waals surface area contributed by atoms with E-state index in [2.05, 4.69) is 0 Å². The zero-order valence-corrected chi connectivity index (χ0v) is 13.2. The molecular weight excluding hydrogens is 329 g/mol. The third-order valence-electron chi connectivity index (χ3n) is 4.12. The number of carbonyl (C=O) groups excluding carboxylic acids is 1. The molecule has 3 atom stereocenters. The number of carboxylic acids is 1. The van der Waals surface area contributed by atoms with Crippen LogP contribution in [0.15, 0.2) is 18.2 Å². The van der Waals surface area contributed by atoms with Crippen LogP contribution in [0.3, 0.4) is 0 Å². The Bertz CT molecular complexity index is 622. The normalized spacial score (nSPS) is 27.5. The number of hydrogen-bond donors (Lipinski definition) is 1. The molecule has 1 heterocycles. The number of carbonyl (C=O) groups is 2. The second-order valence-corrected chi connectivity index (χ2v) is 6.44. The van der Waals surface area contributed by atoms with Gasteiger partial charge in [-0.25, -0.2) is 4.79 Å². The molecule has 0 radical (unpaired) electrons. The average Bonchev–Trinajstić information content (AvgIpc) is 3.27. The first-order valence-corrected chi connectivity index (χ1v) is 7.81. The van der Waals surface area contributed by atoms with Crippen LogP contribution in [-0.4, -0.2) is 47.7 Å². The van der Waals surface area contributed by atoms with Crippen LogP contribution < -0.4 is 0 Å². The molecular formula is C15H15Cl2NO4. The SMILES string of the molecule is O=C(O)[C@@H]1CN(C(=O)[C@H]2C[C@@H]2c2ccc(Cl)cc2Cl)CCO1. The van der Waals surface area contributed by atoms with Gasteiger partial charge in [0.2, 0.25) is 5.91 Å². The van der Waals surface area contributed by atoms with Gasteiger partial charge in [-0.15, -0.1) is 0 Å². The Labute approximate surface area is 137 Å². The summed E-state index contributed by atoms with van der Waals surface area (Å²) in [5, 5.41) is 10.1. The van der Waals surface area contributed by atoms with Crippen molar-refractivity contribution in [3.63, 3.8) is 0 Å². The molecule has 1 aliphatic carbocycles. The zero-order valence-electron chi connectivity index (χ0n) is 11.7. The quantitative estimate of drug-likeness (QED) is 0.915. The number of hydrogen-bond acceptors (Lipinski definition) is 3. The number of nitrogens with zero attached hydrogens (tertiary/aromatic N) is 1. The number of halogens is 2. The predicted octanol–water partition coefficient (Wildman–Crippen LogP) is 2.41. The van der Waals surface area contributed by atoms with Gasteiger partial charge in [0.1, 0.15) is 0 Å². The lowest BCUT2D eigenvalue weighted by Crippen LogP contribution is -2.49. The lowest BCUT2D eigenvalue weighted by Gasteiger charge is -2.31. The summed E-state index contributed by atoms with van der Waals surface area (Å²) in [6, 6.07) is 5.29. The number of rotatable bonds is 3. The summed E-state index contributed by atoms with van der Waals surface area (Å²) in [4.78, 5) is 25.1. The Morgan fingerprint density at radius 2 is 2.09 bits per heavy atom. The van der Waals surface area contributed by atoms with E-state index in [4.69, 9.17) is 33.0 Å². The first-order valence-electron chi connectivity index (χ1n) is 7.05. The van der Waals surface area contributed by atoms with E-state index in [1.165, 1.54) is 0 Å². The van der Waals surface area contributed by atoms with Crippen molar-refractivity contribution in [3.05, 3.63) is 33.8 Å². The van der Waals surface area contributed by atoms with Gasteiger partial charge in [-0.2, -0.15) is 0 Å². The van der Waals surface area contributed by atoms with Crippen LogP contribution in [0.5, 0.6) is 0 Å². The van der Waals surface area contributed by atoms with Crippen molar-refractivity contribution < 1.29 is 19.4 Å². The molecule has 1 aliphatic heterocycles. The second kappa shape index (κ2) is 6.07. The summed E-state index contributed by atoms with van der Waals surface area (Å²) >= 11 is 12.1. The van der Waals surface area contributed by atoms with Crippen molar-refractivity contribution >= 4 is 35.1 Å². The Balaban J connectivity index is 1.66. The van der Waals surface area contributed by atoms with Crippen LogP contribution in [0, 0.1) is 5.92 Å². The van der Waals surface area contributed by atoms with Crippen molar-refractivity contribution in [1.29, 1.82) is 0 Å². The minimum atomic E-state index is -1.04. The summed E-state index contributed by atoms with van der Waals surface area (Å²) in [6.07, 6.45) is -0.205. The predicted molar refractivity (Wildman–Crippen MR) is 81.3 cm³/mol. The van der Waals surface area contributed by atoms with Gasteiger partial charge in [0.05, 0.1) is 13.2 Å². The van der Waals surface area contributed by atoms with E-state index in [0.717, 1.165) is 12.0 Å². The first kappa shape index (κ1) is 15.6. The first-order chi connectivity index (χ1) is 10.5. The number of carboxylic acid groups (broad SMARTS) is 1. The van der Waals surface area contributed by atoms with Gasteiger partial charge in [-0.3, -0.25) is 4.79 Å². The van der Waals surface area contributed by atoms with E-state index >= 15 is 0 Å². The van der Waals surface area contributed by atoms with Crippen LogP contribution >= 0.6 is 23.2 Å². The van der Waals surface area contributed by atoms with Crippen LogP contribution in [0.25, 0.3) is 0 Å². The van der Waals surface area contributed by atoms with Crippen molar-refractivity contribution in [2.75, 3.05) is 19.7 Å². The van der Waals surface area contributed by atoms with E-state index in [9.17, 15) is 9.59 Å². The highest BCUT2D eigenvalue weighted by Gasteiger charge is 2.47. The van der Waals surface area contributed by atoms with Gasteiger partial charge in [-0.1, -0.05) is 29.3 Å². The average molecular weight is 344 g/mol. The van der Waals surface area contributed by atoms with E-state index in [-0.39, 0.29) is 30.9 Å². The van der Waals surface area contributed by atoms with Gasteiger partial charge < -0.3 is 14.7 Å². The van der Waals surface area contributed by atoms with Gasteiger partial charge >= 0.3 is 5.97 Å². The smallest absolute Gasteiger partial charge is 0.334 e. The number of aliphatic carboxylic acids is 1. The van der Waals surface area contributed by atoms with E-state index in [0.29, 0.717) is 16.6 Å². The highest BCUT2D eigenvalue weighted by Crippen LogP contribution is 2.50. The van der Waals surface area contributed by atoms with Gasteiger partial charge in [0, 0.05) is 22.5 Å². The van der Waals surface area contributed by atoms with E-state index in [1.807, 2.05) is 6.07 Å². The van der Waals surface area contributed by atoms with Crippen molar-refractivity contribution in [1.82, 2.24) is 4.90 Å². The molecule has 1 amide bonds. The van der Waals surface area contributed by atoms with Crippen molar-refractivity contribution in [2.45, 2.75) is 18.4 Å². The highest BCUT2D eigenvalue weighted by atomic mass is 35.5. The Morgan fingerprint density at radius 3 is 2.77 bits per heavy atom. The molecule has 0 aromatic heterocycles. The third-order valence-corrected chi connectivity index (χ3v) is 4.69. The summed E-state index contributed by atoms with van der Waals surface area (Å²) in [5.41, 5.74) is 0.924. The number of amides is 1. The van der Waals surface area contributed by atoms with Crippen LogP contribution in [0.1, 0.15) is 17.9 Å². The fraction of sp³-hybridized carbons (Fsp3) is 0.467. The maximum atomic E-state index is 12.5. The van der Waals surface area contributed by atoms with Crippen LogP contribution in [0.4, 0.5) is 0 Å². The second-order valence-electron chi connectivity index (χ2n) is 5.60. The molecule has 0 unspecified atom stereocenters. The molecule has 2 aliphatic rings. The molecule has 1 N–H and O–H groups in total. The summed E-state index contributed by atoms with van der Waals surface area (Å²) in [6.45, 7) is 0.785. The Hall–Kier alpha value is -1.30. The van der Waals surface area contributed by atoms with Crippen molar-refractivity contribution in [2.24, 2.45) is 5.92 Å². The van der Waals surface area contributed by atoms with Gasteiger partial charge in [0.15, 0.2) is 6.10 Å². The Morgan fingerprint density at radius 1 is 1.32 bits per heavy atom. The lowest BCUT2D eigenvalue weighted by molar-refractivity contribution is -0.159. The number of morpholine rings is 1. The number of ether oxygens (including phenoxy) is 1. The lowest BCUT2D eigenvalue weighted by atomic mass is 10.1. The maximum Gasteiger partial charge on any atom is 0.334 e. The third kappa shape index (κ3) is 3.07. The topological polar surface area (TPSA) is 66.8 Å². The molecule has 0 spiro atoms. The van der Waals surface area contributed by atoms with Crippen molar-refractivity contribution in [3.8, 4) is 0 Å². The molecule has 5 nitrogen and oxygen atoms in total. The molecule has 118 valence electrons. The van der Waals surface area contributed by atoms with Gasteiger partial charge in [-0.05, 0) is 30.0 Å². The van der Waals surface area contributed by atoms with Crippen LogP contribution in [-0.2, 0) is 14.3 Å². The Kier molecular flexibility index (Phi) is 4.30. The fourth-order valence-electron chi connectivity index (χ4n) is 2.85. The minimum absolute atomic E-state index is 0.0226. The molecule has 0 bridgehead atoms. The minimum Gasteiger partial charge on any atom is -0.479 e. The maximum absolute atomic E-state index is 12.5. The molecule has 1 aromatic rings. The van der Waals surface area contributed by atoms with E-state index in [1.54, 1.807) is 17.0 Å². The summed E-state index contributed by atoms with van der Waals surface area (Å²) in [7, 11) is 0. The molecule has 1 aromatic carbocycles. The summed E-state index contributed by atoms with van der Waals surface area (Å²) < 4.78 is 5.13. The zero-order chi connectivity index (χ0) is 15.9. The van der Waals surface area contributed by atoms with Gasteiger partial charge in [0.25, 0.3) is 0 Å². The molecule has 2 fully saturated rings. The standard InChI is InChI=1S/C15H15Cl2NO4/c16-8-1-2-9(12(17)5-8)10-6-11(10)14(19)18-3-4-22-13(7-18)15(20)21/h1-2,5,10-11,13H,3-4,6-7H2,(H,20,21)/t10-,11+,13+/m1/s1. The highest BCUT2D eigenvalue weighted by molar-refractivity contribution is 6.35. The molecule has 22 heavy (non-hydrogen) atoms. The molecule has 3 rings (SSSR count). The molecule has 1 saturated heterocycles. The monoisotopic (exact) mass is 343 g/mol. The number of benzene rings is 1. The molecule has 7 heteroatoms. The summed E-state index contributed by atoms with van der Waals surface area (Å²) in [5.74, 6) is -1.11.